The van der Waals surface area contributed by atoms with Crippen molar-refractivity contribution in [1.82, 2.24) is 19.6 Å². The predicted octanol–water partition coefficient (Wildman–Crippen LogP) is 3.72. The van der Waals surface area contributed by atoms with E-state index in [0.717, 1.165) is 0 Å². The first-order valence-corrected chi connectivity index (χ1v) is 10.5. The van der Waals surface area contributed by atoms with E-state index >= 15 is 0 Å². The van der Waals surface area contributed by atoms with Crippen LogP contribution in [0.15, 0.2) is 67.0 Å². The Morgan fingerprint density at radius 3 is 2.11 bits per heavy atom. The summed E-state index contributed by atoms with van der Waals surface area (Å²) in [6, 6.07) is 13.6. The molecule has 0 radical (unpaired) electrons. The first-order valence-electron chi connectivity index (χ1n) is 10.1. The average molecular weight is 496 g/mol. The minimum Gasteiger partial charge on any atom is -0.470 e. The number of hydrogen-bond acceptors (Lipinski definition) is 7. The molecule has 4 rings (SSSR count). The zero-order valence-electron chi connectivity index (χ0n) is 18.2. The molecule has 0 aliphatic heterocycles. The van der Waals surface area contributed by atoms with Gasteiger partial charge in [0, 0.05) is 42.9 Å². The third-order valence-electron chi connectivity index (χ3n) is 4.70. The summed E-state index contributed by atoms with van der Waals surface area (Å²) in [6.45, 7) is -0.0600. The molecule has 2 amide bonds. The highest BCUT2D eigenvalue weighted by molar-refractivity contribution is 6.32. The Morgan fingerprint density at radius 2 is 1.57 bits per heavy atom. The molecule has 12 nitrogen and oxygen atoms in total. The van der Waals surface area contributed by atoms with E-state index in [9.17, 15) is 19.7 Å². The van der Waals surface area contributed by atoms with E-state index in [1.54, 1.807) is 49.8 Å². The molecule has 2 aromatic heterocycles. The Labute approximate surface area is 203 Å². The standard InChI is InChI=1S/C22H18ClN7O5/c1-28-10-8-18(26-28)21(31)24-14-2-4-15(5-3-14)25-22(32)19-9-11-29(27-19)13-35-20-7-6-16(30(33)34)12-17(20)23/h2-12H,13H2,1H3,(H,24,31)(H,25,32). The SMILES string of the molecule is Cn1ccc(C(=O)Nc2ccc(NC(=O)c3ccn(COc4ccc([N+](=O)[O-])cc4Cl)n3)cc2)n1. The number of nitrogens with zero attached hydrogens (tertiary/aromatic N) is 5. The van der Waals surface area contributed by atoms with Gasteiger partial charge in [-0.3, -0.25) is 24.4 Å². The summed E-state index contributed by atoms with van der Waals surface area (Å²) < 4.78 is 8.43. The van der Waals surface area contributed by atoms with Crippen LogP contribution in [0.25, 0.3) is 0 Å². The maximum Gasteiger partial charge on any atom is 0.276 e. The van der Waals surface area contributed by atoms with Crippen molar-refractivity contribution in [3.63, 3.8) is 0 Å². The summed E-state index contributed by atoms with van der Waals surface area (Å²) in [5, 5.41) is 24.5. The lowest BCUT2D eigenvalue weighted by Gasteiger charge is -2.08. The molecule has 13 heteroatoms. The van der Waals surface area contributed by atoms with Crippen LogP contribution in [0, 0.1) is 10.1 Å². The number of nitrogens with one attached hydrogen (secondary N) is 2. The fourth-order valence-corrected chi connectivity index (χ4v) is 3.20. The van der Waals surface area contributed by atoms with Crippen molar-refractivity contribution in [3.8, 4) is 5.75 Å². The number of carbonyl (C=O) groups is 2. The third kappa shape index (κ3) is 5.81. The highest BCUT2D eigenvalue weighted by Crippen LogP contribution is 2.28. The summed E-state index contributed by atoms with van der Waals surface area (Å²) in [7, 11) is 1.72. The van der Waals surface area contributed by atoms with Crippen LogP contribution in [0.2, 0.25) is 5.02 Å². The summed E-state index contributed by atoms with van der Waals surface area (Å²) >= 11 is 6.01. The molecule has 0 saturated heterocycles. The largest absolute Gasteiger partial charge is 0.470 e. The number of anilines is 2. The number of amides is 2. The maximum atomic E-state index is 12.5. The van der Waals surface area contributed by atoms with Crippen molar-refractivity contribution in [2.24, 2.45) is 7.05 Å². The molecule has 2 N–H and O–H groups in total. The van der Waals surface area contributed by atoms with Crippen molar-refractivity contribution in [3.05, 3.63) is 93.5 Å². The third-order valence-corrected chi connectivity index (χ3v) is 4.99. The molecule has 178 valence electrons. The number of nitro groups is 1. The molecule has 4 aromatic rings. The van der Waals surface area contributed by atoms with E-state index in [2.05, 4.69) is 20.8 Å². The van der Waals surface area contributed by atoms with Gasteiger partial charge < -0.3 is 15.4 Å². The summed E-state index contributed by atoms with van der Waals surface area (Å²) in [5.74, 6) is -0.540. The fraction of sp³-hybridized carbons (Fsp3) is 0.0909. The van der Waals surface area contributed by atoms with Crippen LogP contribution in [-0.2, 0) is 13.8 Å². The van der Waals surface area contributed by atoms with Crippen molar-refractivity contribution in [2.45, 2.75) is 6.73 Å². The molecule has 2 heterocycles. The van der Waals surface area contributed by atoms with Crippen LogP contribution in [0.1, 0.15) is 21.0 Å². The molecule has 0 unspecified atom stereocenters. The monoisotopic (exact) mass is 495 g/mol. The highest BCUT2D eigenvalue weighted by atomic mass is 35.5. The quantitative estimate of drug-likeness (QED) is 0.279. The van der Waals surface area contributed by atoms with E-state index in [0.29, 0.717) is 17.1 Å². The first kappa shape index (κ1) is 23.4. The van der Waals surface area contributed by atoms with Crippen LogP contribution in [0.5, 0.6) is 5.75 Å². The molecule has 0 atom stereocenters. The van der Waals surface area contributed by atoms with Gasteiger partial charge in [-0.1, -0.05) is 11.6 Å². The zero-order valence-corrected chi connectivity index (χ0v) is 19.0. The average Bonchev–Trinajstić information content (AvgIpc) is 3.49. The lowest BCUT2D eigenvalue weighted by Crippen LogP contribution is -2.15. The van der Waals surface area contributed by atoms with Crippen LogP contribution >= 0.6 is 11.6 Å². The number of aromatic nitrogens is 4. The second-order valence-corrected chi connectivity index (χ2v) is 7.65. The summed E-state index contributed by atoms with van der Waals surface area (Å²) in [5.41, 5.74) is 1.35. The van der Waals surface area contributed by atoms with E-state index in [4.69, 9.17) is 16.3 Å². The zero-order chi connectivity index (χ0) is 24.9. The molecule has 0 aliphatic rings. The van der Waals surface area contributed by atoms with Crippen LogP contribution in [0.4, 0.5) is 17.1 Å². The minimum atomic E-state index is -0.556. The number of halogens is 1. The molecule has 0 spiro atoms. The Morgan fingerprint density at radius 1 is 0.971 bits per heavy atom. The molecule has 2 aromatic carbocycles. The van der Waals surface area contributed by atoms with Crippen molar-refractivity contribution in [1.29, 1.82) is 0 Å². The van der Waals surface area contributed by atoms with Gasteiger partial charge in [0.2, 0.25) is 0 Å². The first-order chi connectivity index (χ1) is 16.8. The molecule has 0 bridgehead atoms. The van der Waals surface area contributed by atoms with Gasteiger partial charge in [0.05, 0.1) is 9.95 Å². The number of hydrogen-bond donors (Lipinski definition) is 2. The molecular weight excluding hydrogens is 478 g/mol. The number of carbonyl (C=O) groups excluding carboxylic acids is 2. The van der Waals surface area contributed by atoms with Crippen LogP contribution < -0.4 is 15.4 Å². The lowest BCUT2D eigenvalue weighted by molar-refractivity contribution is -0.384. The van der Waals surface area contributed by atoms with Gasteiger partial charge in [-0.05, 0) is 42.5 Å². The Kier molecular flexibility index (Phi) is 6.73. The van der Waals surface area contributed by atoms with E-state index in [-0.39, 0.29) is 34.8 Å². The number of rotatable bonds is 8. The minimum absolute atomic E-state index is 0.0600. The van der Waals surface area contributed by atoms with E-state index in [1.165, 1.54) is 33.6 Å². The normalized spacial score (nSPS) is 10.6. The number of non-ortho nitro benzene ring substituents is 1. The second-order valence-electron chi connectivity index (χ2n) is 7.25. The van der Waals surface area contributed by atoms with Gasteiger partial charge >= 0.3 is 0 Å². The second kappa shape index (κ2) is 10.1. The van der Waals surface area contributed by atoms with Crippen molar-refractivity contribution in [2.75, 3.05) is 10.6 Å². The van der Waals surface area contributed by atoms with Gasteiger partial charge in [0.25, 0.3) is 17.5 Å². The Balaban J connectivity index is 1.31. The van der Waals surface area contributed by atoms with Gasteiger partial charge in [-0.15, -0.1) is 0 Å². The van der Waals surface area contributed by atoms with Gasteiger partial charge in [0.15, 0.2) is 18.1 Å². The molecule has 0 saturated carbocycles. The van der Waals surface area contributed by atoms with Gasteiger partial charge in [-0.2, -0.15) is 10.2 Å². The fourth-order valence-electron chi connectivity index (χ4n) is 2.97. The van der Waals surface area contributed by atoms with Gasteiger partial charge in [-0.25, -0.2) is 4.68 Å². The van der Waals surface area contributed by atoms with Crippen LogP contribution in [-0.4, -0.2) is 36.3 Å². The molecule has 0 fully saturated rings. The van der Waals surface area contributed by atoms with Gasteiger partial charge in [0.1, 0.15) is 5.75 Å². The molecule has 0 aliphatic carbocycles. The number of benzene rings is 2. The smallest absolute Gasteiger partial charge is 0.276 e. The summed E-state index contributed by atoms with van der Waals surface area (Å²) in [4.78, 5) is 34.9. The van der Waals surface area contributed by atoms with Crippen molar-refractivity contribution >= 4 is 40.5 Å². The van der Waals surface area contributed by atoms with Crippen LogP contribution in [0.3, 0.4) is 0 Å². The predicted molar refractivity (Wildman–Crippen MR) is 127 cm³/mol. The molecular formula is C22H18ClN7O5. The van der Waals surface area contributed by atoms with E-state index < -0.39 is 10.8 Å². The lowest BCUT2D eigenvalue weighted by atomic mass is 10.2. The van der Waals surface area contributed by atoms with Crippen molar-refractivity contribution < 1.29 is 19.2 Å². The Hall–Kier alpha value is -4.71. The number of nitro benzene ring substituents is 1. The highest BCUT2D eigenvalue weighted by Gasteiger charge is 2.13. The number of ether oxygens (including phenoxy) is 1. The molecule has 35 heavy (non-hydrogen) atoms. The van der Waals surface area contributed by atoms with E-state index in [1.807, 2.05) is 0 Å². The Bertz CT molecular complexity index is 1400. The number of aryl methyl sites for hydroxylation is 1. The summed E-state index contributed by atoms with van der Waals surface area (Å²) in [6.07, 6.45) is 3.22. The topological polar surface area (TPSA) is 146 Å². The maximum absolute atomic E-state index is 12.5.